The van der Waals surface area contributed by atoms with Crippen molar-refractivity contribution in [2.75, 3.05) is 11.9 Å². The zero-order chi connectivity index (χ0) is 13.7. The molecule has 0 saturated heterocycles. The number of halogens is 1. The number of anilines is 1. The lowest BCUT2D eigenvalue weighted by atomic mass is 10.2. The third-order valence-corrected chi connectivity index (χ3v) is 2.83. The molecule has 5 nitrogen and oxygen atoms in total. The van der Waals surface area contributed by atoms with E-state index in [0.29, 0.717) is 23.4 Å². The van der Waals surface area contributed by atoms with Crippen LogP contribution in [-0.4, -0.2) is 28.5 Å². The Labute approximate surface area is 112 Å². The second-order valence-electron chi connectivity index (χ2n) is 4.64. The second kappa shape index (κ2) is 6.54. The van der Waals surface area contributed by atoms with E-state index in [1.807, 2.05) is 20.8 Å². The molecule has 0 saturated carbocycles. The molecule has 1 amide bonds. The normalized spacial score (nSPS) is 12.3. The molecule has 1 rings (SSSR count). The highest BCUT2D eigenvalue weighted by molar-refractivity contribution is 6.30. The van der Waals surface area contributed by atoms with Gasteiger partial charge in [0.05, 0.1) is 0 Å². The van der Waals surface area contributed by atoms with Crippen LogP contribution >= 0.6 is 11.6 Å². The fourth-order valence-electron chi connectivity index (χ4n) is 1.30. The van der Waals surface area contributed by atoms with Crippen molar-refractivity contribution in [1.29, 1.82) is 0 Å². The Hall–Kier alpha value is -1.36. The predicted molar refractivity (Wildman–Crippen MR) is 72.7 cm³/mol. The fourth-order valence-corrected chi connectivity index (χ4v) is 1.44. The van der Waals surface area contributed by atoms with Crippen LogP contribution in [-0.2, 0) is 4.79 Å². The Morgan fingerprint density at radius 2 is 2.06 bits per heavy atom. The first-order valence-electron chi connectivity index (χ1n) is 5.93. The molecule has 2 N–H and O–H groups in total. The van der Waals surface area contributed by atoms with Crippen molar-refractivity contribution in [1.82, 2.24) is 15.3 Å². The molecule has 0 bridgehead atoms. The summed E-state index contributed by atoms with van der Waals surface area (Å²) in [7, 11) is 0. The summed E-state index contributed by atoms with van der Waals surface area (Å²) in [6.45, 7) is 8.35. The molecule has 6 heteroatoms. The topological polar surface area (TPSA) is 66.9 Å². The summed E-state index contributed by atoms with van der Waals surface area (Å²) in [5.74, 6) is 0.955. The molecular weight excluding hydrogens is 252 g/mol. The summed E-state index contributed by atoms with van der Waals surface area (Å²) in [5.41, 5.74) is 0.739. The minimum Gasteiger partial charge on any atom is -0.358 e. The molecule has 0 spiro atoms. The largest absolute Gasteiger partial charge is 0.358 e. The molecule has 0 aromatic carbocycles. The highest BCUT2D eigenvalue weighted by atomic mass is 35.5. The van der Waals surface area contributed by atoms with Gasteiger partial charge in [-0.05, 0) is 19.8 Å². The Kier molecular flexibility index (Phi) is 5.34. The number of hydrogen-bond acceptors (Lipinski definition) is 4. The Balaban J connectivity index is 2.61. The van der Waals surface area contributed by atoms with Crippen LogP contribution in [0.1, 0.15) is 26.3 Å². The lowest BCUT2D eigenvalue weighted by Crippen LogP contribution is -2.39. The highest BCUT2D eigenvalue weighted by Crippen LogP contribution is 2.18. The lowest BCUT2D eigenvalue weighted by molar-refractivity contribution is -0.121. The molecule has 0 aliphatic carbocycles. The molecule has 0 aliphatic heterocycles. The van der Waals surface area contributed by atoms with Crippen molar-refractivity contribution in [3.05, 3.63) is 17.0 Å². The van der Waals surface area contributed by atoms with Crippen LogP contribution in [0.5, 0.6) is 0 Å². The van der Waals surface area contributed by atoms with Gasteiger partial charge in [0.25, 0.3) is 0 Å². The van der Waals surface area contributed by atoms with Crippen LogP contribution in [0.4, 0.5) is 5.82 Å². The smallest absolute Gasteiger partial charge is 0.242 e. The maximum absolute atomic E-state index is 11.8. The first kappa shape index (κ1) is 14.7. The minimum absolute atomic E-state index is 0.0576. The van der Waals surface area contributed by atoms with Gasteiger partial charge in [-0.2, -0.15) is 0 Å². The molecule has 1 aromatic rings. The van der Waals surface area contributed by atoms with Gasteiger partial charge in [-0.15, -0.1) is 0 Å². The molecule has 1 unspecified atom stereocenters. The van der Waals surface area contributed by atoms with Crippen LogP contribution in [0.2, 0.25) is 5.15 Å². The summed E-state index contributed by atoms with van der Waals surface area (Å²) in [6, 6.07) is -0.367. The molecular formula is C12H19ClN4O. The van der Waals surface area contributed by atoms with E-state index in [4.69, 9.17) is 11.6 Å². The molecule has 1 heterocycles. The van der Waals surface area contributed by atoms with Gasteiger partial charge >= 0.3 is 0 Å². The minimum atomic E-state index is -0.367. The van der Waals surface area contributed by atoms with E-state index in [1.165, 1.54) is 6.33 Å². The highest BCUT2D eigenvalue weighted by Gasteiger charge is 2.15. The van der Waals surface area contributed by atoms with E-state index < -0.39 is 0 Å². The Morgan fingerprint density at radius 1 is 1.39 bits per heavy atom. The fraction of sp³-hybridized carbons (Fsp3) is 0.583. The molecule has 0 fully saturated rings. The summed E-state index contributed by atoms with van der Waals surface area (Å²) >= 11 is 5.89. The van der Waals surface area contributed by atoms with Crippen molar-refractivity contribution in [2.24, 2.45) is 5.92 Å². The molecule has 1 atom stereocenters. The average Bonchev–Trinajstić information content (AvgIpc) is 2.31. The van der Waals surface area contributed by atoms with Crippen LogP contribution in [0, 0.1) is 12.8 Å². The summed E-state index contributed by atoms with van der Waals surface area (Å²) in [4.78, 5) is 19.7. The van der Waals surface area contributed by atoms with E-state index in [1.54, 1.807) is 6.92 Å². The van der Waals surface area contributed by atoms with Gasteiger partial charge in [-0.3, -0.25) is 4.79 Å². The van der Waals surface area contributed by atoms with Gasteiger partial charge in [-0.25, -0.2) is 9.97 Å². The van der Waals surface area contributed by atoms with Crippen LogP contribution in [0.3, 0.4) is 0 Å². The zero-order valence-corrected chi connectivity index (χ0v) is 11.9. The maximum Gasteiger partial charge on any atom is 0.242 e. The second-order valence-corrected chi connectivity index (χ2v) is 5.00. The molecule has 100 valence electrons. The standard InChI is InChI=1S/C12H19ClN4O/c1-7(2)5-14-12(18)9(4)17-11-8(3)10(13)15-6-16-11/h6-7,9H,5H2,1-4H3,(H,14,18)(H,15,16,17). The van der Waals surface area contributed by atoms with E-state index >= 15 is 0 Å². The maximum atomic E-state index is 11.8. The van der Waals surface area contributed by atoms with Crippen molar-refractivity contribution >= 4 is 23.3 Å². The lowest BCUT2D eigenvalue weighted by Gasteiger charge is -2.16. The van der Waals surface area contributed by atoms with Crippen molar-refractivity contribution < 1.29 is 4.79 Å². The van der Waals surface area contributed by atoms with Gasteiger partial charge in [0, 0.05) is 12.1 Å². The van der Waals surface area contributed by atoms with Gasteiger partial charge in [-0.1, -0.05) is 25.4 Å². The molecule has 0 radical (unpaired) electrons. The number of aromatic nitrogens is 2. The summed E-state index contributed by atoms with van der Waals surface area (Å²) in [6.07, 6.45) is 1.37. The number of nitrogens with zero attached hydrogens (tertiary/aromatic N) is 2. The number of hydrogen-bond donors (Lipinski definition) is 2. The average molecular weight is 271 g/mol. The van der Waals surface area contributed by atoms with Crippen molar-refractivity contribution in [3.63, 3.8) is 0 Å². The van der Waals surface area contributed by atoms with Crippen molar-refractivity contribution in [3.8, 4) is 0 Å². The summed E-state index contributed by atoms with van der Waals surface area (Å²) < 4.78 is 0. The van der Waals surface area contributed by atoms with E-state index in [0.717, 1.165) is 5.56 Å². The quantitative estimate of drug-likeness (QED) is 0.804. The monoisotopic (exact) mass is 270 g/mol. The molecule has 0 aliphatic rings. The summed E-state index contributed by atoms with van der Waals surface area (Å²) in [5, 5.41) is 6.28. The van der Waals surface area contributed by atoms with Crippen LogP contribution in [0.25, 0.3) is 0 Å². The van der Waals surface area contributed by atoms with Gasteiger partial charge < -0.3 is 10.6 Å². The van der Waals surface area contributed by atoms with E-state index in [2.05, 4.69) is 20.6 Å². The number of amides is 1. The number of carbonyl (C=O) groups is 1. The Bertz CT molecular complexity index is 423. The Morgan fingerprint density at radius 3 is 2.67 bits per heavy atom. The molecule has 1 aromatic heterocycles. The van der Waals surface area contributed by atoms with Crippen LogP contribution < -0.4 is 10.6 Å². The molecule has 18 heavy (non-hydrogen) atoms. The predicted octanol–water partition coefficient (Wildman–Crippen LogP) is 2.01. The van der Waals surface area contributed by atoms with Gasteiger partial charge in [0.1, 0.15) is 23.3 Å². The zero-order valence-electron chi connectivity index (χ0n) is 11.1. The number of rotatable bonds is 5. The third-order valence-electron chi connectivity index (χ3n) is 2.45. The third kappa shape index (κ3) is 4.14. The van der Waals surface area contributed by atoms with Crippen LogP contribution in [0.15, 0.2) is 6.33 Å². The van der Waals surface area contributed by atoms with Gasteiger partial charge in [0.15, 0.2) is 0 Å². The SMILES string of the molecule is Cc1c(Cl)ncnc1NC(C)C(=O)NCC(C)C. The number of nitrogens with one attached hydrogen (secondary N) is 2. The van der Waals surface area contributed by atoms with E-state index in [9.17, 15) is 4.79 Å². The van der Waals surface area contributed by atoms with Gasteiger partial charge in [0.2, 0.25) is 5.91 Å². The first-order valence-corrected chi connectivity index (χ1v) is 6.31. The first-order chi connectivity index (χ1) is 8.41. The van der Waals surface area contributed by atoms with E-state index in [-0.39, 0.29) is 11.9 Å². The van der Waals surface area contributed by atoms with Crippen molar-refractivity contribution in [2.45, 2.75) is 33.7 Å². The number of carbonyl (C=O) groups excluding carboxylic acids is 1.